The van der Waals surface area contributed by atoms with Gasteiger partial charge in [-0.05, 0) is 0 Å². The van der Waals surface area contributed by atoms with Gasteiger partial charge in [-0.3, -0.25) is 0 Å². The highest BCUT2D eigenvalue weighted by atomic mass is 79.9. The van der Waals surface area contributed by atoms with E-state index in [1.165, 1.54) is 0 Å². The van der Waals surface area contributed by atoms with Crippen LogP contribution in [0, 0.1) is 0 Å². The molecule has 0 N–H and O–H groups in total. The van der Waals surface area contributed by atoms with Gasteiger partial charge in [0.15, 0.2) is 0 Å². The lowest BCUT2D eigenvalue weighted by atomic mass is 10.1. The maximum atomic E-state index is 6.31. The number of fused-ring (bicyclic) bond motifs is 1. The summed E-state index contributed by atoms with van der Waals surface area (Å²) in [6.45, 7) is 0. The maximum Gasteiger partial charge on any atom is 0.116 e. The van der Waals surface area contributed by atoms with E-state index >= 15 is 0 Å². The molecule has 0 amide bonds. The molecule has 0 aromatic heterocycles. The standard InChI is InChI=1S/C11HBrCl8/c12-11(20)3-4(13)1-2(5(14)8(3)17)7(16)10(19)9(18)6(1)15/h11H. The Hall–Kier alpha value is 1.50. The summed E-state index contributed by atoms with van der Waals surface area (Å²) in [4.78, 5) is 0. The topological polar surface area (TPSA) is 0 Å². The van der Waals surface area contributed by atoms with Crippen molar-refractivity contribution in [1.82, 2.24) is 0 Å². The predicted molar refractivity (Wildman–Crippen MR) is 96.5 cm³/mol. The third kappa shape index (κ3) is 2.72. The normalized spacial score (nSPS) is 13.1. The van der Waals surface area contributed by atoms with Crippen LogP contribution in [0.2, 0.25) is 35.2 Å². The zero-order valence-corrected chi connectivity index (χ0v) is 16.6. The van der Waals surface area contributed by atoms with Gasteiger partial charge in [0.2, 0.25) is 0 Å². The van der Waals surface area contributed by atoms with Gasteiger partial charge >= 0.3 is 0 Å². The Balaban J connectivity index is 3.17. The summed E-state index contributed by atoms with van der Waals surface area (Å²) in [5.74, 6) is 0. The van der Waals surface area contributed by atoms with Gasteiger partial charge in [-0.1, -0.05) is 97.1 Å². The first-order valence-electron chi connectivity index (χ1n) is 4.80. The van der Waals surface area contributed by atoms with Crippen LogP contribution in [0.4, 0.5) is 0 Å². The van der Waals surface area contributed by atoms with Gasteiger partial charge in [-0.2, -0.15) is 0 Å². The number of benzene rings is 2. The van der Waals surface area contributed by atoms with E-state index < -0.39 is 4.29 Å². The van der Waals surface area contributed by atoms with E-state index in [9.17, 15) is 0 Å². The zero-order valence-electron chi connectivity index (χ0n) is 8.98. The van der Waals surface area contributed by atoms with Gasteiger partial charge < -0.3 is 0 Å². The summed E-state index contributed by atoms with van der Waals surface area (Å²) in [5, 5.41) is 1.61. The van der Waals surface area contributed by atoms with Crippen molar-refractivity contribution in [2.24, 2.45) is 0 Å². The van der Waals surface area contributed by atoms with E-state index in [4.69, 9.17) is 92.8 Å². The van der Waals surface area contributed by atoms with Crippen molar-refractivity contribution >= 4 is 120 Å². The van der Waals surface area contributed by atoms with Gasteiger partial charge in [0.25, 0.3) is 0 Å². The fraction of sp³-hybridized carbons (Fsp3) is 0.0909. The first kappa shape index (κ1) is 17.8. The lowest BCUT2D eigenvalue weighted by molar-refractivity contribution is 1.41. The maximum absolute atomic E-state index is 6.31. The molecular formula is C11HBrCl8. The molecule has 0 saturated heterocycles. The Bertz CT molecular complexity index is 725. The molecule has 0 fully saturated rings. The molecule has 1 atom stereocenters. The van der Waals surface area contributed by atoms with Crippen molar-refractivity contribution < 1.29 is 0 Å². The smallest absolute Gasteiger partial charge is 0.105 e. The minimum absolute atomic E-state index is 0.0777. The fourth-order valence-corrected chi connectivity index (χ4v) is 4.91. The zero-order chi connectivity index (χ0) is 15.4. The summed E-state index contributed by atoms with van der Waals surface area (Å²) in [5.41, 5.74) is 0.379. The molecule has 2 aromatic carbocycles. The first-order chi connectivity index (χ1) is 9.20. The molecule has 1 unspecified atom stereocenters. The summed E-state index contributed by atoms with van der Waals surface area (Å²) in [6.07, 6.45) is 0. The van der Waals surface area contributed by atoms with Crippen LogP contribution in [0.25, 0.3) is 10.8 Å². The van der Waals surface area contributed by atoms with E-state index in [1.807, 2.05) is 0 Å². The molecule has 20 heavy (non-hydrogen) atoms. The van der Waals surface area contributed by atoms with Crippen LogP contribution in [0.3, 0.4) is 0 Å². The second kappa shape index (κ2) is 6.55. The first-order valence-corrected chi connectivity index (χ1v) is 8.80. The predicted octanol–water partition coefficient (Wildman–Crippen LogP) is 9.05. The highest BCUT2D eigenvalue weighted by molar-refractivity contribution is 9.09. The molecule has 0 bridgehead atoms. The molecular weight excluding hydrogens is 496 g/mol. The number of alkyl halides is 2. The molecule has 0 aliphatic carbocycles. The van der Waals surface area contributed by atoms with Crippen LogP contribution in [0.15, 0.2) is 0 Å². The molecule has 0 aliphatic heterocycles. The van der Waals surface area contributed by atoms with Crippen molar-refractivity contribution in [3.05, 3.63) is 40.7 Å². The van der Waals surface area contributed by atoms with Crippen LogP contribution in [0.1, 0.15) is 9.85 Å². The molecule has 0 aliphatic rings. The largest absolute Gasteiger partial charge is 0.116 e. The van der Waals surface area contributed by atoms with Crippen LogP contribution in [-0.2, 0) is 0 Å². The quantitative estimate of drug-likeness (QED) is 0.210. The van der Waals surface area contributed by atoms with Crippen molar-refractivity contribution in [3.63, 3.8) is 0 Å². The molecule has 0 nitrogen and oxygen atoms in total. The molecule has 0 radical (unpaired) electrons. The van der Waals surface area contributed by atoms with Crippen molar-refractivity contribution in [2.75, 3.05) is 0 Å². The summed E-state index contributed by atoms with van der Waals surface area (Å²) in [6, 6.07) is 0. The molecule has 0 saturated carbocycles. The third-order valence-corrected chi connectivity index (χ3v) is 6.33. The Morgan fingerprint density at radius 3 is 1.30 bits per heavy atom. The second-order valence-corrected chi connectivity index (χ2v) is 8.19. The number of halogens is 9. The van der Waals surface area contributed by atoms with Gasteiger partial charge in [-0.25, -0.2) is 0 Å². The Kier molecular flexibility index (Phi) is 5.84. The summed E-state index contributed by atoms with van der Waals surface area (Å²) in [7, 11) is 0. The SMILES string of the molecule is Clc1c(Cl)c(Cl)c2c(Cl)c(C(Cl)Br)c(Cl)c(Cl)c2c1Cl. The van der Waals surface area contributed by atoms with E-state index in [-0.39, 0.29) is 35.2 Å². The van der Waals surface area contributed by atoms with Crippen molar-refractivity contribution in [3.8, 4) is 0 Å². The lowest BCUT2D eigenvalue weighted by Gasteiger charge is -2.17. The molecule has 108 valence electrons. The Morgan fingerprint density at radius 2 is 0.900 bits per heavy atom. The Morgan fingerprint density at radius 1 is 0.550 bits per heavy atom. The third-order valence-electron chi connectivity index (χ3n) is 2.59. The van der Waals surface area contributed by atoms with Gasteiger partial charge in [0, 0.05) is 16.3 Å². The van der Waals surface area contributed by atoms with Crippen LogP contribution in [-0.4, -0.2) is 0 Å². The second-order valence-electron chi connectivity index (χ2n) is 3.66. The molecule has 0 heterocycles. The van der Waals surface area contributed by atoms with Crippen LogP contribution < -0.4 is 0 Å². The van der Waals surface area contributed by atoms with E-state index in [0.29, 0.717) is 16.3 Å². The number of rotatable bonds is 1. The van der Waals surface area contributed by atoms with Crippen molar-refractivity contribution in [1.29, 1.82) is 0 Å². The van der Waals surface area contributed by atoms with Gasteiger partial charge in [0.05, 0.1) is 35.2 Å². The van der Waals surface area contributed by atoms with E-state index in [2.05, 4.69) is 15.9 Å². The van der Waals surface area contributed by atoms with Crippen LogP contribution in [0.5, 0.6) is 0 Å². The summed E-state index contributed by atoms with van der Waals surface area (Å²) < 4.78 is -0.659. The Labute approximate surface area is 163 Å². The van der Waals surface area contributed by atoms with Gasteiger partial charge in [-0.15, -0.1) is 11.6 Å². The molecule has 9 heteroatoms. The minimum Gasteiger partial charge on any atom is -0.105 e. The molecule has 0 spiro atoms. The average Bonchev–Trinajstić information content (AvgIpc) is 2.37. The monoisotopic (exact) mass is 492 g/mol. The van der Waals surface area contributed by atoms with Crippen molar-refractivity contribution in [2.45, 2.75) is 4.29 Å². The highest BCUT2D eigenvalue weighted by Crippen LogP contribution is 2.53. The van der Waals surface area contributed by atoms with E-state index in [1.54, 1.807) is 0 Å². The number of hydrogen-bond acceptors (Lipinski definition) is 0. The van der Waals surface area contributed by atoms with Crippen LogP contribution >= 0.6 is 109 Å². The molecule has 2 aromatic rings. The molecule has 2 rings (SSSR count). The van der Waals surface area contributed by atoms with E-state index in [0.717, 1.165) is 0 Å². The van der Waals surface area contributed by atoms with Gasteiger partial charge in [0.1, 0.15) is 4.29 Å². The summed E-state index contributed by atoms with van der Waals surface area (Å²) >= 11 is 52.3. The fourth-order valence-electron chi connectivity index (χ4n) is 1.69. The lowest BCUT2D eigenvalue weighted by Crippen LogP contribution is -1.93. The highest BCUT2D eigenvalue weighted by Gasteiger charge is 2.26. The average molecular weight is 497 g/mol. The minimum atomic E-state index is -0.659. The number of hydrogen-bond donors (Lipinski definition) is 0.